The van der Waals surface area contributed by atoms with Crippen molar-refractivity contribution < 1.29 is 18.3 Å². The molecule has 2 bridgehead atoms. The number of rotatable bonds is 5. The second-order valence-corrected chi connectivity index (χ2v) is 9.04. The number of aromatic nitrogens is 2. The molecule has 28 heavy (non-hydrogen) atoms. The van der Waals surface area contributed by atoms with Crippen LogP contribution in [0.3, 0.4) is 0 Å². The Morgan fingerprint density at radius 2 is 2.14 bits per heavy atom. The summed E-state index contributed by atoms with van der Waals surface area (Å²) in [5.74, 6) is 1.20. The quantitative estimate of drug-likeness (QED) is 0.813. The van der Waals surface area contributed by atoms with Gasteiger partial charge in [0.1, 0.15) is 5.69 Å². The molecule has 0 amide bonds. The van der Waals surface area contributed by atoms with Gasteiger partial charge in [-0.1, -0.05) is 20.8 Å². The highest BCUT2D eigenvalue weighted by molar-refractivity contribution is 5.54. The number of nitrogens with one attached hydrogen (secondary N) is 1. The summed E-state index contributed by atoms with van der Waals surface area (Å²) in [7, 11) is 0. The standard InChI is InChI=1S/C20H29F2N3O3/c1-11-13-8-12(20(13,2)3)9-14(11)24-15-10-23-25(16-6-4-5-7-27-16)18(26)17(15)28-19(21)22/h10-14,16,19,24H,4-9H2,1-3H3/t11-,12+,13+,14+,16?/m0/s1. The smallest absolute Gasteiger partial charge is 0.387 e. The summed E-state index contributed by atoms with van der Waals surface area (Å²) in [6.07, 6.45) is 5.52. The van der Waals surface area contributed by atoms with Crippen molar-refractivity contribution in [1.82, 2.24) is 9.78 Å². The van der Waals surface area contributed by atoms with E-state index in [1.165, 1.54) is 12.6 Å². The highest BCUT2D eigenvalue weighted by atomic mass is 19.3. The van der Waals surface area contributed by atoms with Crippen molar-refractivity contribution in [3.63, 3.8) is 0 Å². The van der Waals surface area contributed by atoms with E-state index in [2.05, 4.69) is 35.9 Å². The number of nitrogens with zero attached hydrogens (tertiary/aromatic N) is 2. The first-order valence-corrected chi connectivity index (χ1v) is 10.2. The summed E-state index contributed by atoms with van der Waals surface area (Å²) in [4.78, 5) is 12.8. The molecule has 1 saturated heterocycles. The molecule has 0 radical (unpaired) electrons. The summed E-state index contributed by atoms with van der Waals surface area (Å²) >= 11 is 0. The Hall–Kier alpha value is -1.70. The van der Waals surface area contributed by atoms with Gasteiger partial charge in [0.25, 0.3) is 0 Å². The van der Waals surface area contributed by atoms with E-state index in [4.69, 9.17) is 4.74 Å². The van der Waals surface area contributed by atoms with Crippen molar-refractivity contribution in [1.29, 1.82) is 0 Å². The minimum atomic E-state index is -3.08. The zero-order chi connectivity index (χ0) is 20.1. The minimum Gasteiger partial charge on any atom is -0.427 e. The minimum absolute atomic E-state index is 0.111. The molecule has 1 unspecified atom stereocenters. The Labute approximate surface area is 163 Å². The average Bonchev–Trinajstić information content (AvgIpc) is 2.66. The number of ether oxygens (including phenoxy) is 2. The van der Waals surface area contributed by atoms with Crippen LogP contribution in [-0.2, 0) is 4.74 Å². The van der Waals surface area contributed by atoms with Crippen LogP contribution in [0.15, 0.2) is 11.0 Å². The molecule has 4 fully saturated rings. The monoisotopic (exact) mass is 397 g/mol. The fourth-order valence-electron chi connectivity index (χ4n) is 5.42. The van der Waals surface area contributed by atoms with Gasteiger partial charge in [-0.25, -0.2) is 0 Å². The molecule has 5 atom stereocenters. The van der Waals surface area contributed by atoms with Crippen LogP contribution < -0.4 is 15.6 Å². The summed E-state index contributed by atoms with van der Waals surface area (Å²) in [5, 5.41) is 7.51. The lowest BCUT2D eigenvalue weighted by atomic mass is 9.45. The number of hydrogen-bond donors (Lipinski definition) is 1. The fourth-order valence-corrected chi connectivity index (χ4v) is 5.42. The van der Waals surface area contributed by atoms with Crippen molar-refractivity contribution in [2.75, 3.05) is 11.9 Å². The third kappa shape index (κ3) is 3.29. The van der Waals surface area contributed by atoms with Gasteiger partial charge in [0.15, 0.2) is 6.23 Å². The zero-order valence-electron chi connectivity index (χ0n) is 16.7. The average molecular weight is 397 g/mol. The second-order valence-electron chi connectivity index (χ2n) is 9.04. The molecule has 5 rings (SSSR count). The fraction of sp³-hybridized carbons (Fsp3) is 0.800. The predicted molar refractivity (Wildman–Crippen MR) is 101 cm³/mol. The van der Waals surface area contributed by atoms with E-state index >= 15 is 0 Å². The summed E-state index contributed by atoms with van der Waals surface area (Å²) in [6, 6.07) is 0.111. The van der Waals surface area contributed by atoms with Crippen LogP contribution in [0.4, 0.5) is 14.5 Å². The Morgan fingerprint density at radius 1 is 1.36 bits per heavy atom. The van der Waals surface area contributed by atoms with E-state index in [1.807, 2.05) is 0 Å². The highest BCUT2D eigenvalue weighted by Crippen LogP contribution is 2.61. The molecule has 0 spiro atoms. The van der Waals surface area contributed by atoms with Crippen LogP contribution >= 0.6 is 0 Å². The van der Waals surface area contributed by atoms with Gasteiger partial charge < -0.3 is 14.8 Å². The van der Waals surface area contributed by atoms with Crippen molar-refractivity contribution in [3.8, 4) is 5.75 Å². The summed E-state index contributed by atoms with van der Waals surface area (Å²) in [6.45, 7) is 4.25. The van der Waals surface area contributed by atoms with Crippen LogP contribution in [0.25, 0.3) is 0 Å². The first kappa shape index (κ1) is 19.6. The normalized spacial score (nSPS) is 34.0. The number of anilines is 1. The Morgan fingerprint density at radius 3 is 2.75 bits per heavy atom. The number of hydrogen-bond acceptors (Lipinski definition) is 5. The number of alkyl halides is 2. The van der Waals surface area contributed by atoms with E-state index in [1.54, 1.807) is 0 Å². The van der Waals surface area contributed by atoms with Crippen LogP contribution in [0, 0.1) is 23.2 Å². The molecule has 1 N–H and O–H groups in total. The maximum atomic E-state index is 13.0. The summed E-state index contributed by atoms with van der Waals surface area (Å²) in [5.41, 5.74) is -0.112. The molecule has 1 aliphatic heterocycles. The lowest BCUT2D eigenvalue weighted by molar-refractivity contribution is -0.105. The van der Waals surface area contributed by atoms with E-state index in [-0.39, 0.29) is 17.5 Å². The van der Waals surface area contributed by atoms with Crippen molar-refractivity contribution in [2.45, 2.75) is 71.8 Å². The molecular formula is C20H29F2N3O3. The number of fused-ring (bicyclic) bond motifs is 2. The second kappa shape index (κ2) is 7.28. The van der Waals surface area contributed by atoms with Crippen LogP contribution in [0.5, 0.6) is 5.75 Å². The Balaban J connectivity index is 1.60. The van der Waals surface area contributed by atoms with Gasteiger partial charge in [-0.15, -0.1) is 0 Å². The molecular weight excluding hydrogens is 368 g/mol. The molecule has 2 heterocycles. The van der Waals surface area contributed by atoms with Crippen LogP contribution in [0.1, 0.15) is 59.1 Å². The van der Waals surface area contributed by atoms with Gasteiger partial charge in [-0.2, -0.15) is 18.6 Å². The van der Waals surface area contributed by atoms with Crippen LogP contribution in [0.2, 0.25) is 0 Å². The molecule has 1 aromatic heterocycles. The molecule has 3 saturated carbocycles. The van der Waals surface area contributed by atoms with Crippen molar-refractivity contribution in [3.05, 3.63) is 16.6 Å². The lowest BCUT2D eigenvalue weighted by Gasteiger charge is -2.62. The van der Waals surface area contributed by atoms with Gasteiger partial charge in [-0.3, -0.25) is 4.79 Å². The first-order valence-electron chi connectivity index (χ1n) is 10.2. The SMILES string of the molecule is C[C@H]1[C@H]2C[C@H](C[C@H]1Nc1cnn(C3CCCCO3)c(=O)c1OC(F)F)C2(C)C. The molecule has 156 valence electrons. The molecule has 6 nitrogen and oxygen atoms in total. The molecule has 4 aliphatic rings. The maximum absolute atomic E-state index is 13.0. The van der Waals surface area contributed by atoms with Crippen LogP contribution in [-0.4, -0.2) is 29.0 Å². The number of halogens is 2. The van der Waals surface area contributed by atoms with E-state index in [9.17, 15) is 13.6 Å². The van der Waals surface area contributed by atoms with E-state index in [0.717, 1.165) is 23.9 Å². The van der Waals surface area contributed by atoms with Gasteiger partial charge in [-0.05, 0) is 55.3 Å². The van der Waals surface area contributed by atoms with Gasteiger partial charge in [0.2, 0.25) is 5.75 Å². The van der Waals surface area contributed by atoms with Crippen molar-refractivity contribution in [2.24, 2.45) is 23.2 Å². The molecule has 3 aliphatic carbocycles. The molecule has 8 heteroatoms. The van der Waals surface area contributed by atoms with Crippen molar-refractivity contribution >= 4 is 5.69 Å². The van der Waals surface area contributed by atoms with Gasteiger partial charge in [0, 0.05) is 12.6 Å². The summed E-state index contributed by atoms with van der Waals surface area (Å²) < 4.78 is 37.4. The molecule has 0 aromatic carbocycles. The Kier molecular flexibility index (Phi) is 5.10. The van der Waals surface area contributed by atoms with Gasteiger partial charge >= 0.3 is 12.2 Å². The maximum Gasteiger partial charge on any atom is 0.387 e. The zero-order valence-corrected chi connectivity index (χ0v) is 16.7. The van der Waals surface area contributed by atoms with E-state index < -0.39 is 18.4 Å². The third-order valence-corrected chi connectivity index (χ3v) is 7.29. The predicted octanol–water partition coefficient (Wildman–Crippen LogP) is 4.03. The van der Waals surface area contributed by atoms with Gasteiger partial charge in [0.05, 0.1) is 6.20 Å². The first-order chi connectivity index (χ1) is 13.3. The Bertz CT molecular complexity index is 776. The largest absolute Gasteiger partial charge is 0.427 e. The molecule has 1 aromatic rings. The topological polar surface area (TPSA) is 65.4 Å². The lowest BCUT2D eigenvalue weighted by Crippen LogP contribution is -2.58. The third-order valence-electron chi connectivity index (χ3n) is 7.29. The van der Waals surface area contributed by atoms with E-state index in [0.29, 0.717) is 36.2 Å². The highest BCUT2D eigenvalue weighted by Gasteiger charge is 2.56.